The van der Waals surface area contributed by atoms with Crippen molar-refractivity contribution in [1.29, 1.82) is 0 Å². The summed E-state index contributed by atoms with van der Waals surface area (Å²) in [7, 11) is 0. The van der Waals surface area contributed by atoms with Gasteiger partial charge in [0, 0.05) is 19.5 Å². The van der Waals surface area contributed by atoms with Crippen molar-refractivity contribution in [3.63, 3.8) is 0 Å². The quantitative estimate of drug-likeness (QED) is 0.929. The largest absolute Gasteiger partial charge is 0.489 e. The van der Waals surface area contributed by atoms with Crippen molar-refractivity contribution in [2.75, 3.05) is 26.3 Å². The Morgan fingerprint density at radius 1 is 1.38 bits per heavy atom. The summed E-state index contributed by atoms with van der Waals surface area (Å²) >= 11 is 6.27. The summed E-state index contributed by atoms with van der Waals surface area (Å²) < 4.78 is 11.3. The van der Waals surface area contributed by atoms with Gasteiger partial charge >= 0.3 is 5.97 Å². The third-order valence-corrected chi connectivity index (χ3v) is 4.17. The van der Waals surface area contributed by atoms with Gasteiger partial charge < -0.3 is 14.6 Å². The molecule has 0 aliphatic carbocycles. The minimum absolute atomic E-state index is 0.263. The molecule has 0 aromatic heterocycles. The normalized spacial score (nSPS) is 22.0. The number of carboxylic acid groups (broad SMARTS) is 1. The molecule has 1 N–H and O–H groups in total. The lowest BCUT2D eigenvalue weighted by Gasteiger charge is -2.17. The molecule has 1 fully saturated rings. The lowest BCUT2D eigenvalue weighted by atomic mass is 10.1. The summed E-state index contributed by atoms with van der Waals surface area (Å²) in [5.41, 5.74) is 1.02. The van der Waals surface area contributed by atoms with Crippen LogP contribution in [-0.4, -0.2) is 42.3 Å². The van der Waals surface area contributed by atoms with Gasteiger partial charge in [-0.3, -0.25) is 9.69 Å². The molecule has 2 heterocycles. The van der Waals surface area contributed by atoms with Crippen LogP contribution in [0, 0.1) is 5.92 Å². The van der Waals surface area contributed by atoms with Gasteiger partial charge in [-0.25, -0.2) is 0 Å². The Labute approximate surface area is 128 Å². The number of fused-ring (bicyclic) bond motifs is 1. The Hall–Kier alpha value is -1.46. The highest BCUT2D eigenvalue weighted by molar-refractivity contribution is 6.32. The van der Waals surface area contributed by atoms with Crippen molar-refractivity contribution in [1.82, 2.24) is 4.90 Å². The third-order valence-electron chi connectivity index (χ3n) is 3.89. The fraction of sp³-hybridized carbons (Fsp3) is 0.533. The number of benzene rings is 1. The highest BCUT2D eigenvalue weighted by atomic mass is 35.5. The third kappa shape index (κ3) is 3.24. The van der Waals surface area contributed by atoms with E-state index in [2.05, 4.69) is 4.90 Å². The van der Waals surface area contributed by atoms with Gasteiger partial charge in [0.15, 0.2) is 11.5 Å². The summed E-state index contributed by atoms with van der Waals surface area (Å²) in [4.78, 5) is 13.1. The van der Waals surface area contributed by atoms with Crippen LogP contribution in [0.15, 0.2) is 12.1 Å². The highest BCUT2D eigenvalue weighted by Crippen LogP contribution is 2.38. The molecule has 114 valence electrons. The number of carboxylic acids is 1. The molecule has 6 heteroatoms. The SMILES string of the molecule is O=C(O)C1CCN(Cc2cc(Cl)c3c(c2)OCCCO3)C1. The molecule has 1 unspecified atom stereocenters. The number of carbonyl (C=O) groups is 1. The Morgan fingerprint density at radius 3 is 2.95 bits per heavy atom. The molecular weight excluding hydrogens is 294 g/mol. The van der Waals surface area contributed by atoms with Gasteiger partial charge in [0.25, 0.3) is 0 Å². The zero-order chi connectivity index (χ0) is 14.8. The van der Waals surface area contributed by atoms with E-state index in [1.54, 1.807) is 0 Å². The van der Waals surface area contributed by atoms with Crippen molar-refractivity contribution in [3.05, 3.63) is 22.7 Å². The van der Waals surface area contributed by atoms with E-state index >= 15 is 0 Å². The van der Waals surface area contributed by atoms with Crippen LogP contribution in [0.5, 0.6) is 11.5 Å². The molecule has 2 aliphatic heterocycles. The first-order valence-electron chi connectivity index (χ1n) is 7.16. The van der Waals surface area contributed by atoms with Gasteiger partial charge in [-0.15, -0.1) is 0 Å². The number of hydrogen-bond donors (Lipinski definition) is 1. The zero-order valence-corrected chi connectivity index (χ0v) is 12.4. The first-order valence-corrected chi connectivity index (χ1v) is 7.54. The zero-order valence-electron chi connectivity index (χ0n) is 11.7. The molecule has 0 amide bonds. The van der Waals surface area contributed by atoms with Gasteiger partial charge in [-0.1, -0.05) is 11.6 Å². The van der Waals surface area contributed by atoms with Crippen LogP contribution < -0.4 is 9.47 Å². The molecule has 1 aromatic carbocycles. The van der Waals surface area contributed by atoms with E-state index in [4.69, 9.17) is 26.2 Å². The first kappa shape index (κ1) is 14.5. The van der Waals surface area contributed by atoms with Gasteiger partial charge in [-0.2, -0.15) is 0 Å². The molecule has 5 nitrogen and oxygen atoms in total. The van der Waals surface area contributed by atoms with Crippen molar-refractivity contribution >= 4 is 17.6 Å². The van der Waals surface area contributed by atoms with Crippen molar-refractivity contribution in [2.45, 2.75) is 19.4 Å². The maximum atomic E-state index is 11.0. The van der Waals surface area contributed by atoms with Crippen LogP contribution in [0.1, 0.15) is 18.4 Å². The van der Waals surface area contributed by atoms with E-state index in [1.165, 1.54) is 0 Å². The molecule has 0 spiro atoms. The summed E-state index contributed by atoms with van der Waals surface area (Å²) in [5.74, 6) is 0.321. The molecule has 3 rings (SSSR count). The van der Waals surface area contributed by atoms with E-state index in [-0.39, 0.29) is 5.92 Å². The van der Waals surface area contributed by atoms with Crippen molar-refractivity contribution in [2.24, 2.45) is 5.92 Å². The average Bonchev–Trinajstić information content (AvgIpc) is 2.76. The second kappa shape index (κ2) is 6.12. The molecular formula is C15H18ClNO4. The predicted molar refractivity (Wildman–Crippen MR) is 78.1 cm³/mol. The smallest absolute Gasteiger partial charge is 0.307 e. The maximum absolute atomic E-state index is 11.0. The first-order chi connectivity index (χ1) is 10.1. The predicted octanol–water partition coefficient (Wildman–Crippen LogP) is 2.41. The Kier molecular flexibility index (Phi) is 4.22. The van der Waals surface area contributed by atoms with E-state index < -0.39 is 5.97 Å². The van der Waals surface area contributed by atoms with Crippen LogP contribution in [0.3, 0.4) is 0 Å². The average molecular weight is 312 g/mol. The summed E-state index contributed by atoms with van der Waals surface area (Å²) in [5, 5.41) is 9.60. The fourth-order valence-electron chi connectivity index (χ4n) is 2.81. The molecule has 1 saturated heterocycles. The maximum Gasteiger partial charge on any atom is 0.307 e. The van der Waals surface area contributed by atoms with E-state index in [0.29, 0.717) is 49.2 Å². The van der Waals surface area contributed by atoms with Gasteiger partial charge in [-0.05, 0) is 30.7 Å². The topological polar surface area (TPSA) is 59.0 Å². The number of rotatable bonds is 3. The number of aliphatic carboxylic acids is 1. The number of nitrogens with zero attached hydrogens (tertiary/aromatic N) is 1. The number of ether oxygens (including phenoxy) is 2. The molecule has 1 aromatic rings. The number of hydrogen-bond acceptors (Lipinski definition) is 4. The standard InChI is InChI=1S/C15H18ClNO4/c16-12-6-10(7-13-14(12)21-5-1-4-20-13)8-17-3-2-11(9-17)15(18)19/h6-7,11H,1-5,8-9H2,(H,18,19). The number of likely N-dealkylation sites (tertiary alicyclic amines) is 1. The lowest BCUT2D eigenvalue weighted by Crippen LogP contribution is -2.22. The molecule has 0 bridgehead atoms. The van der Waals surface area contributed by atoms with Crippen LogP contribution in [0.2, 0.25) is 5.02 Å². The minimum Gasteiger partial charge on any atom is -0.489 e. The van der Waals surface area contributed by atoms with Crippen LogP contribution in [0.4, 0.5) is 0 Å². The van der Waals surface area contributed by atoms with Gasteiger partial charge in [0.1, 0.15) is 0 Å². The summed E-state index contributed by atoms with van der Waals surface area (Å²) in [6, 6.07) is 3.82. The van der Waals surface area contributed by atoms with E-state index in [0.717, 1.165) is 18.5 Å². The second-order valence-electron chi connectivity index (χ2n) is 5.51. The monoisotopic (exact) mass is 311 g/mol. The second-order valence-corrected chi connectivity index (χ2v) is 5.92. The van der Waals surface area contributed by atoms with Crippen molar-refractivity contribution < 1.29 is 19.4 Å². The van der Waals surface area contributed by atoms with Crippen LogP contribution >= 0.6 is 11.6 Å². The fourth-order valence-corrected chi connectivity index (χ4v) is 3.10. The molecule has 0 saturated carbocycles. The van der Waals surface area contributed by atoms with Crippen LogP contribution in [-0.2, 0) is 11.3 Å². The Morgan fingerprint density at radius 2 is 2.19 bits per heavy atom. The van der Waals surface area contributed by atoms with E-state index in [9.17, 15) is 4.79 Å². The van der Waals surface area contributed by atoms with Gasteiger partial charge in [0.2, 0.25) is 0 Å². The van der Waals surface area contributed by atoms with E-state index in [1.807, 2.05) is 12.1 Å². The molecule has 0 radical (unpaired) electrons. The van der Waals surface area contributed by atoms with Crippen LogP contribution in [0.25, 0.3) is 0 Å². The molecule has 21 heavy (non-hydrogen) atoms. The summed E-state index contributed by atoms with van der Waals surface area (Å²) in [6.45, 7) is 3.29. The van der Waals surface area contributed by atoms with Gasteiger partial charge in [0.05, 0.1) is 24.2 Å². The molecule has 1 atom stereocenters. The minimum atomic E-state index is -0.714. The molecule has 2 aliphatic rings. The highest BCUT2D eigenvalue weighted by Gasteiger charge is 2.28. The van der Waals surface area contributed by atoms with Crippen molar-refractivity contribution in [3.8, 4) is 11.5 Å². The number of halogens is 1. The summed E-state index contributed by atoms with van der Waals surface area (Å²) in [6.07, 6.45) is 1.54. The lowest BCUT2D eigenvalue weighted by molar-refractivity contribution is -0.141. The Bertz CT molecular complexity index is 549. The Balaban J connectivity index is 1.73.